The number of aliphatic carboxylic acids is 1. The van der Waals surface area contributed by atoms with Crippen LogP contribution in [0.2, 0.25) is 0 Å². The Morgan fingerprint density at radius 3 is 2.21 bits per heavy atom. The molecule has 1 aromatic rings. The lowest BCUT2D eigenvalue weighted by molar-refractivity contribution is -0.136. The van der Waals surface area contributed by atoms with E-state index in [1.807, 2.05) is 0 Å². The minimum absolute atomic E-state index is 0.00604. The van der Waals surface area contributed by atoms with Crippen molar-refractivity contribution in [1.82, 2.24) is 0 Å². The van der Waals surface area contributed by atoms with E-state index in [0.29, 0.717) is 17.9 Å². The summed E-state index contributed by atoms with van der Waals surface area (Å²) in [7, 11) is -2.05. The molecule has 6 heteroatoms. The zero-order valence-electron chi connectivity index (χ0n) is 14.6. The van der Waals surface area contributed by atoms with Gasteiger partial charge in [-0.05, 0) is 24.1 Å². The highest BCUT2D eigenvalue weighted by Crippen LogP contribution is 2.29. The van der Waals surface area contributed by atoms with Gasteiger partial charge >= 0.3 is 5.97 Å². The van der Waals surface area contributed by atoms with Crippen molar-refractivity contribution in [3.8, 4) is 5.75 Å². The lowest BCUT2D eigenvalue weighted by Crippen LogP contribution is -1.99. The van der Waals surface area contributed by atoms with Gasteiger partial charge in [-0.1, -0.05) is 64.0 Å². The first-order valence-electron chi connectivity index (χ1n) is 8.81. The normalized spacial score (nSPS) is 12.0. The van der Waals surface area contributed by atoms with E-state index in [4.69, 9.17) is 19.3 Å². The Hall–Kier alpha value is -1.32. The van der Waals surface area contributed by atoms with Gasteiger partial charge in [0.05, 0.1) is 13.0 Å². The Kier molecular flexibility index (Phi) is 11.2. The largest absolute Gasteiger partial charge is 0.481 e. The van der Waals surface area contributed by atoms with Gasteiger partial charge in [-0.2, -0.15) is 0 Å². The number of nitrogens with one attached hydrogen (secondary N) is 1. The molecule has 0 aliphatic rings. The highest BCUT2D eigenvalue weighted by Gasteiger charge is 2.02. The Morgan fingerprint density at radius 2 is 1.62 bits per heavy atom. The number of hydrogen-bond donors (Lipinski definition) is 2. The molecular weight excluding hydrogens is 325 g/mol. The molecule has 0 saturated carbocycles. The van der Waals surface area contributed by atoms with Crippen molar-refractivity contribution in [2.75, 3.05) is 6.61 Å². The van der Waals surface area contributed by atoms with Gasteiger partial charge in [0.25, 0.3) is 0 Å². The fourth-order valence-corrected chi connectivity index (χ4v) is 3.13. The lowest BCUT2D eigenvalue weighted by atomic mass is 10.1. The number of benzene rings is 1. The third-order valence-corrected chi connectivity index (χ3v) is 4.61. The molecule has 0 radical (unpaired) electrons. The summed E-state index contributed by atoms with van der Waals surface area (Å²) >= 11 is 0. The van der Waals surface area contributed by atoms with Gasteiger partial charge in [-0.3, -0.25) is 9.96 Å². The molecule has 0 fully saturated rings. The SMILES string of the molecule is CCCCCCCCCCO[PH](=N)Oc1ccc(CC(=O)O)cc1. The van der Waals surface area contributed by atoms with Crippen molar-refractivity contribution in [3.05, 3.63) is 29.8 Å². The summed E-state index contributed by atoms with van der Waals surface area (Å²) in [6, 6.07) is 6.79. The van der Waals surface area contributed by atoms with Crippen molar-refractivity contribution < 1.29 is 18.9 Å². The molecule has 1 rings (SSSR count). The van der Waals surface area contributed by atoms with Crippen LogP contribution in [-0.2, 0) is 15.7 Å². The van der Waals surface area contributed by atoms with Crippen LogP contribution in [0.25, 0.3) is 0 Å². The van der Waals surface area contributed by atoms with E-state index in [-0.39, 0.29) is 6.42 Å². The van der Waals surface area contributed by atoms with Gasteiger partial charge in [-0.15, -0.1) is 0 Å². The van der Waals surface area contributed by atoms with Crippen LogP contribution in [-0.4, -0.2) is 17.7 Å². The predicted octanol–water partition coefficient (Wildman–Crippen LogP) is 5.66. The Bertz CT molecular complexity index is 490. The van der Waals surface area contributed by atoms with Crippen LogP contribution < -0.4 is 4.52 Å². The zero-order valence-corrected chi connectivity index (χ0v) is 15.6. The van der Waals surface area contributed by atoms with E-state index in [1.54, 1.807) is 24.3 Å². The number of carboxylic acids is 1. The molecule has 2 N–H and O–H groups in total. The number of unbranched alkanes of at least 4 members (excludes halogenated alkanes) is 7. The summed E-state index contributed by atoms with van der Waals surface area (Å²) in [5, 5.41) is 16.5. The highest BCUT2D eigenvalue weighted by atomic mass is 31.1. The Labute approximate surface area is 145 Å². The summed E-state index contributed by atoms with van der Waals surface area (Å²) in [5.74, 6) is -0.299. The molecule has 0 aliphatic carbocycles. The standard InChI is InChI=1S/C18H30NO4P/c1-2-3-4-5-6-7-8-9-14-22-24(19)23-17-12-10-16(11-13-17)15-18(20)21/h10-13,19,24H,2-9,14-15H2,1H3,(H,20,21). The van der Waals surface area contributed by atoms with Crippen LogP contribution in [0.15, 0.2) is 24.3 Å². The van der Waals surface area contributed by atoms with Crippen molar-refractivity contribution in [2.45, 2.75) is 64.7 Å². The van der Waals surface area contributed by atoms with Crippen molar-refractivity contribution in [3.63, 3.8) is 0 Å². The highest BCUT2D eigenvalue weighted by molar-refractivity contribution is 7.35. The summed E-state index contributed by atoms with van der Waals surface area (Å²) in [6.07, 6.45) is 9.92. The third-order valence-electron chi connectivity index (χ3n) is 3.72. The number of carbonyl (C=O) groups is 1. The quantitative estimate of drug-likeness (QED) is 0.333. The van der Waals surface area contributed by atoms with Crippen LogP contribution in [0, 0.1) is 5.16 Å². The molecule has 0 aromatic heterocycles. The van der Waals surface area contributed by atoms with Crippen molar-refractivity contribution in [2.24, 2.45) is 0 Å². The van der Waals surface area contributed by atoms with Crippen LogP contribution in [0.3, 0.4) is 0 Å². The zero-order chi connectivity index (χ0) is 17.6. The Morgan fingerprint density at radius 1 is 1.04 bits per heavy atom. The fourth-order valence-electron chi connectivity index (χ4n) is 2.39. The maximum Gasteiger partial charge on any atom is 0.307 e. The third kappa shape index (κ3) is 10.5. The summed E-state index contributed by atoms with van der Waals surface area (Å²) in [6.45, 7) is 2.80. The number of carboxylic acid groups (broad SMARTS) is 1. The van der Waals surface area contributed by atoms with Gasteiger partial charge in [0, 0.05) is 0 Å². The van der Waals surface area contributed by atoms with Crippen molar-refractivity contribution >= 4 is 14.1 Å². The summed E-state index contributed by atoms with van der Waals surface area (Å²) < 4.78 is 10.9. The number of rotatable bonds is 14. The van der Waals surface area contributed by atoms with Crippen LogP contribution in [0.1, 0.15) is 63.9 Å². The second-order valence-electron chi connectivity index (χ2n) is 5.93. The van der Waals surface area contributed by atoms with Gasteiger partial charge in [0.15, 0.2) is 0 Å². The van der Waals surface area contributed by atoms with E-state index in [1.165, 1.54) is 38.5 Å². The van der Waals surface area contributed by atoms with Crippen LogP contribution in [0.5, 0.6) is 5.75 Å². The summed E-state index contributed by atoms with van der Waals surface area (Å²) in [5.41, 5.74) is 0.716. The minimum atomic E-state index is -2.05. The van der Waals surface area contributed by atoms with Crippen LogP contribution >= 0.6 is 8.17 Å². The van der Waals surface area contributed by atoms with Gasteiger partial charge in [-0.25, -0.2) is 0 Å². The molecule has 0 heterocycles. The van der Waals surface area contributed by atoms with Gasteiger partial charge in [0.2, 0.25) is 8.17 Å². The van der Waals surface area contributed by atoms with E-state index in [2.05, 4.69) is 6.92 Å². The molecule has 5 nitrogen and oxygen atoms in total. The monoisotopic (exact) mass is 355 g/mol. The molecule has 0 amide bonds. The van der Waals surface area contributed by atoms with Crippen LogP contribution in [0.4, 0.5) is 0 Å². The molecule has 0 saturated heterocycles. The molecule has 1 aromatic carbocycles. The minimum Gasteiger partial charge on any atom is -0.481 e. The second kappa shape index (κ2) is 13.0. The van der Waals surface area contributed by atoms with E-state index in [9.17, 15) is 4.79 Å². The van der Waals surface area contributed by atoms with E-state index >= 15 is 0 Å². The maximum absolute atomic E-state index is 10.6. The topological polar surface area (TPSA) is 79.6 Å². The molecular formula is C18H30NO4P. The smallest absolute Gasteiger partial charge is 0.307 e. The first kappa shape index (κ1) is 20.7. The maximum atomic E-state index is 10.6. The molecule has 1 unspecified atom stereocenters. The first-order valence-corrected chi connectivity index (χ1v) is 10.1. The van der Waals surface area contributed by atoms with E-state index < -0.39 is 14.1 Å². The average Bonchev–Trinajstić information content (AvgIpc) is 2.55. The van der Waals surface area contributed by atoms with Gasteiger partial charge in [0.1, 0.15) is 5.75 Å². The van der Waals surface area contributed by atoms with Gasteiger partial charge < -0.3 is 14.2 Å². The lowest BCUT2D eigenvalue weighted by Gasteiger charge is -2.10. The van der Waals surface area contributed by atoms with Crippen molar-refractivity contribution in [1.29, 1.82) is 5.16 Å². The first-order chi connectivity index (χ1) is 11.6. The summed E-state index contributed by atoms with van der Waals surface area (Å²) in [4.78, 5) is 10.6. The Balaban J connectivity index is 2.08. The predicted molar refractivity (Wildman–Crippen MR) is 98.0 cm³/mol. The molecule has 0 bridgehead atoms. The average molecular weight is 355 g/mol. The van der Waals surface area contributed by atoms with E-state index in [0.717, 1.165) is 12.8 Å². The fraction of sp³-hybridized carbons (Fsp3) is 0.611. The molecule has 0 aliphatic heterocycles. The molecule has 1 atom stereocenters. The molecule has 0 spiro atoms. The molecule has 136 valence electrons. The second-order valence-corrected chi connectivity index (χ2v) is 7.00. The molecule has 24 heavy (non-hydrogen) atoms. The number of hydrogen-bond acceptors (Lipinski definition) is 4.